The third-order valence-electron chi connectivity index (χ3n) is 6.68. The number of amides is 5. The molecule has 180 valence electrons. The maximum absolute atomic E-state index is 13.1. The number of nitrogens with zero attached hydrogens (tertiary/aromatic N) is 1. The Balaban J connectivity index is 1.34. The maximum atomic E-state index is 13.1. The maximum Gasteiger partial charge on any atom is 0.315 e. The second-order valence-corrected chi connectivity index (χ2v) is 8.92. The molecule has 2 fully saturated rings. The first-order chi connectivity index (χ1) is 16.2. The zero-order valence-electron chi connectivity index (χ0n) is 19.1. The molecule has 2 aliphatic heterocycles. The number of benzene rings is 1. The second kappa shape index (κ2) is 9.20. The molecule has 4 N–H and O–H groups in total. The molecule has 2 heterocycles. The van der Waals surface area contributed by atoms with Gasteiger partial charge in [-0.2, -0.15) is 0 Å². The van der Waals surface area contributed by atoms with Gasteiger partial charge in [-0.25, -0.2) is 4.79 Å². The number of phenols is 1. The highest BCUT2D eigenvalue weighted by Gasteiger charge is 2.51. The standard InChI is InChI=1S/C24H28N4O6/c1-24-8-7-14(11-25-23(33)26-12-15-10-17(34-2)3-5-19(15)29)9-16(24)13-28(22(24)32)18-4-6-20(30)27-21(18)31/h3,5,7,9-10,18,29H,4,6,8,11-13H2,1-2H3,(H2,25,26,33)(H,27,30,31). The summed E-state index contributed by atoms with van der Waals surface area (Å²) < 4.78 is 5.13. The van der Waals surface area contributed by atoms with Crippen LogP contribution in [0.15, 0.2) is 41.5 Å². The van der Waals surface area contributed by atoms with Gasteiger partial charge in [-0.05, 0) is 49.1 Å². The van der Waals surface area contributed by atoms with Crippen molar-refractivity contribution >= 4 is 23.8 Å². The molecule has 0 bridgehead atoms. The second-order valence-electron chi connectivity index (χ2n) is 8.92. The van der Waals surface area contributed by atoms with E-state index in [0.29, 0.717) is 30.7 Å². The molecule has 2 atom stereocenters. The topological polar surface area (TPSA) is 137 Å². The van der Waals surface area contributed by atoms with Crippen LogP contribution in [-0.4, -0.2) is 60.0 Å². The Morgan fingerprint density at radius 2 is 2.03 bits per heavy atom. The van der Waals surface area contributed by atoms with Crippen molar-refractivity contribution in [2.24, 2.45) is 5.41 Å². The molecule has 4 rings (SSSR count). The molecule has 0 saturated carbocycles. The summed E-state index contributed by atoms with van der Waals surface area (Å²) in [7, 11) is 1.52. The Kier molecular flexibility index (Phi) is 6.32. The number of urea groups is 1. The van der Waals surface area contributed by atoms with E-state index in [1.54, 1.807) is 17.0 Å². The molecular formula is C24H28N4O6. The van der Waals surface area contributed by atoms with E-state index in [4.69, 9.17) is 4.74 Å². The monoisotopic (exact) mass is 468 g/mol. The molecule has 5 amide bonds. The van der Waals surface area contributed by atoms with Gasteiger partial charge in [-0.3, -0.25) is 19.7 Å². The number of fused-ring (bicyclic) bond motifs is 1. The molecule has 1 aromatic rings. The number of likely N-dealkylation sites (tertiary alicyclic amines) is 1. The average Bonchev–Trinajstić information content (AvgIpc) is 3.07. The summed E-state index contributed by atoms with van der Waals surface area (Å²) in [4.78, 5) is 50.7. The Morgan fingerprint density at radius 3 is 2.76 bits per heavy atom. The molecular weight excluding hydrogens is 440 g/mol. The van der Waals surface area contributed by atoms with Gasteiger partial charge >= 0.3 is 6.03 Å². The SMILES string of the molecule is COc1ccc(O)c(CNC(=O)NCC2=CCC3(C)C(=O)N(C4CCC(=O)NC4=O)CC3=C2)c1. The fourth-order valence-corrected chi connectivity index (χ4v) is 4.53. The highest BCUT2D eigenvalue weighted by Crippen LogP contribution is 2.44. The molecule has 10 heteroatoms. The van der Waals surface area contributed by atoms with E-state index in [1.165, 1.54) is 13.2 Å². The fourth-order valence-electron chi connectivity index (χ4n) is 4.53. The molecule has 2 saturated heterocycles. The lowest BCUT2D eigenvalue weighted by Gasteiger charge is -2.31. The number of imide groups is 1. The number of hydrogen-bond acceptors (Lipinski definition) is 6. The molecule has 1 aromatic carbocycles. The minimum absolute atomic E-state index is 0.0616. The van der Waals surface area contributed by atoms with Crippen molar-refractivity contribution in [1.29, 1.82) is 0 Å². The number of aromatic hydroxyl groups is 1. The highest BCUT2D eigenvalue weighted by atomic mass is 16.5. The van der Waals surface area contributed by atoms with Crippen molar-refractivity contribution < 1.29 is 29.0 Å². The van der Waals surface area contributed by atoms with Crippen LogP contribution < -0.4 is 20.7 Å². The third kappa shape index (κ3) is 4.48. The van der Waals surface area contributed by atoms with E-state index in [9.17, 15) is 24.3 Å². The van der Waals surface area contributed by atoms with Gasteiger partial charge in [0.25, 0.3) is 0 Å². The number of carbonyl (C=O) groups excluding carboxylic acids is 4. The van der Waals surface area contributed by atoms with Gasteiger partial charge in [0.2, 0.25) is 17.7 Å². The van der Waals surface area contributed by atoms with Crippen LogP contribution in [0, 0.1) is 5.41 Å². The zero-order chi connectivity index (χ0) is 24.5. The van der Waals surface area contributed by atoms with Gasteiger partial charge in [0.15, 0.2) is 0 Å². The molecule has 0 radical (unpaired) electrons. The third-order valence-corrected chi connectivity index (χ3v) is 6.68. The normalized spacial score (nSPS) is 24.1. The number of hydrogen-bond donors (Lipinski definition) is 4. The summed E-state index contributed by atoms with van der Waals surface area (Å²) in [6.07, 6.45) is 4.83. The Labute approximate surface area is 197 Å². The van der Waals surface area contributed by atoms with Crippen molar-refractivity contribution in [3.05, 3.63) is 47.1 Å². The summed E-state index contributed by atoms with van der Waals surface area (Å²) in [5.41, 5.74) is 1.56. The molecule has 34 heavy (non-hydrogen) atoms. The van der Waals surface area contributed by atoms with Crippen LogP contribution in [0.25, 0.3) is 0 Å². The van der Waals surface area contributed by atoms with Crippen molar-refractivity contribution in [3.8, 4) is 11.5 Å². The number of methoxy groups -OCH3 is 1. The van der Waals surface area contributed by atoms with E-state index < -0.39 is 23.4 Å². The number of allylic oxidation sites excluding steroid dienone is 1. The van der Waals surface area contributed by atoms with Crippen molar-refractivity contribution in [3.63, 3.8) is 0 Å². The van der Waals surface area contributed by atoms with Crippen LogP contribution in [0.2, 0.25) is 0 Å². The zero-order valence-corrected chi connectivity index (χ0v) is 19.1. The minimum atomic E-state index is -0.725. The van der Waals surface area contributed by atoms with Crippen LogP contribution in [0.4, 0.5) is 4.79 Å². The van der Waals surface area contributed by atoms with E-state index in [2.05, 4.69) is 16.0 Å². The lowest BCUT2D eigenvalue weighted by Crippen LogP contribution is -2.53. The average molecular weight is 469 g/mol. The molecule has 0 spiro atoms. The Bertz CT molecular complexity index is 1110. The quantitative estimate of drug-likeness (QED) is 0.462. The molecule has 10 nitrogen and oxygen atoms in total. The number of phenolic OH excluding ortho intramolecular Hbond substituents is 1. The summed E-state index contributed by atoms with van der Waals surface area (Å²) in [5, 5.41) is 17.7. The molecule has 0 aromatic heterocycles. The van der Waals surface area contributed by atoms with Crippen LogP contribution in [0.5, 0.6) is 11.5 Å². The molecule has 1 aliphatic carbocycles. The van der Waals surface area contributed by atoms with E-state index in [0.717, 1.165) is 11.1 Å². The van der Waals surface area contributed by atoms with Crippen molar-refractivity contribution in [2.45, 2.75) is 38.8 Å². The van der Waals surface area contributed by atoms with Gasteiger partial charge in [0.05, 0.1) is 12.5 Å². The molecule has 2 unspecified atom stereocenters. The highest BCUT2D eigenvalue weighted by molar-refractivity contribution is 6.03. The fraction of sp³-hybridized carbons (Fsp3) is 0.417. The lowest BCUT2D eigenvalue weighted by molar-refractivity contribution is -0.146. The first kappa shape index (κ1) is 23.3. The van der Waals surface area contributed by atoms with Crippen molar-refractivity contribution in [2.75, 3.05) is 20.2 Å². The van der Waals surface area contributed by atoms with Gasteiger partial charge < -0.3 is 25.4 Å². The minimum Gasteiger partial charge on any atom is -0.508 e. The predicted molar refractivity (Wildman–Crippen MR) is 122 cm³/mol. The number of rotatable bonds is 6. The van der Waals surface area contributed by atoms with Gasteiger partial charge in [-0.15, -0.1) is 0 Å². The summed E-state index contributed by atoms with van der Waals surface area (Å²) in [6.45, 7) is 2.58. The predicted octanol–water partition coefficient (Wildman–Crippen LogP) is 1.11. The number of ether oxygens (including phenoxy) is 1. The lowest BCUT2D eigenvalue weighted by atomic mass is 9.76. The van der Waals surface area contributed by atoms with Crippen LogP contribution >= 0.6 is 0 Å². The van der Waals surface area contributed by atoms with Gasteiger partial charge in [0, 0.05) is 31.6 Å². The number of nitrogens with one attached hydrogen (secondary N) is 3. The van der Waals surface area contributed by atoms with Crippen LogP contribution in [-0.2, 0) is 20.9 Å². The van der Waals surface area contributed by atoms with Crippen LogP contribution in [0.3, 0.4) is 0 Å². The van der Waals surface area contributed by atoms with Gasteiger partial charge in [0.1, 0.15) is 17.5 Å². The van der Waals surface area contributed by atoms with E-state index in [1.807, 2.05) is 19.1 Å². The molecule has 3 aliphatic rings. The Morgan fingerprint density at radius 1 is 1.26 bits per heavy atom. The smallest absolute Gasteiger partial charge is 0.315 e. The van der Waals surface area contributed by atoms with E-state index in [-0.39, 0.29) is 37.1 Å². The van der Waals surface area contributed by atoms with Crippen molar-refractivity contribution in [1.82, 2.24) is 20.9 Å². The summed E-state index contributed by atoms with van der Waals surface area (Å²) in [5.74, 6) is -0.222. The van der Waals surface area contributed by atoms with Gasteiger partial charge in [-0.1, -0.05) is 12.2 Å². The summed E-state index contributed by atoms with van der Waals surface area (Å²) >= 11 is 0. The number of carbonyl (C=O) groups is 4. The van der Waals surface area contributed by atoms with E-state index >= 15 is 0 Å². The van der Waals surface area contributed by atoms with Crippen LogP contribution in [0.1, 0.15) is 31.7 Å². The largest absolute Gasteiger partial charge is 0.508 e. The number of piperidine rings is 1. The summed E-state index contributed by atoms with van der Waals surface area (Å²) in [6, 6.07) is 3.74. The first-order valence-electron chi connectivity index (χ1n) is 11.1. The Hall–Kier alpha value is -3.82. The first-order valence-corrected chi connectivity index (χ1v) is 11.1.